The van der Waals surface area contributed by atoms with Crippen molar-refractivity contribution in [3.8, 4) is 0 Å². The molecule has 0 unspecified atom stereocenters. The molecule has 1 aliphatic rings. The standard InChI is InChI=1S/C5H9N3O/c6-8-7-2-1-5-3-9-4-5/h5H,1-4H2. The minimum Gasteiger partial charge on any atom is -0.381 e. The first-order valence-corrected chi connectivity index (χ1v) is 3.02. The van der Waals surface area contributed by atoms with Gasteiger partial charge in [0.05, 0.1) is 13.2 Å². The van der Waals surface area contributed by atoms with Crippen molar-refractivity contribution in [2.75, 3.05) is 19.8 Å². The van der Waals surface area contributed by atoms with E-state index in [4.69, 9.17) is 10.3 Å². The predicted octanol–water partition coefficient (Wildman–Crippen LogP) is 1.33. The summed E-state index contributed by atoms with van der Waals surface area (Å²) < 4.78 is 4.93. The van der Waals surface area contributed by atoms with Crippen molar-refractivity contribution in [3.05, 3.63) is 10.4 Å². The number of hydrogen-bond acceptors (Lipinski definition) is 2. The Bertz CT molecular complexity index is 126. The summed E-state index contributed by atoms with van der Waals surface area (Å²) in [5.41, 5.74) is 7.90. The lowest BCUT2D eigenvalue weighted by atomic mass is 10.1. The lowest BCUT2D eigenvalue weighted by molar-refractivity contribution is -0.0342. The molecule has 9 heavy (non-hydrogen) atoms. The van der Waals surface area contributed by atoms with E-state index in [0.717, 1.165) is 19.6 Å². The smallest absolute Gasteiger partial charge is 0.0516 e. The second-order valence-electron chi connectivity index (χ2n) is 2.15. The average molecular weight is 127 g/mol. The molecule has 0 amide bonds. The van der Waals surface area contributed by atoms with E-state index in [2.05, 4.69) is 10.0 Å². The number of ether oxygens (including phenoxy) is 1. The molecule has 4 nitrogen and oxygen atoms in total. The quantitative estimate of drug-likeness (QED) is 0.320. The van der Waals surface area contributed by atoms with Gasteiger partial charge in [-0.2, -0.15) is 0 Å². The SMILES string of the molecule is [N-]=[N+]=NCCC1COC1. The summed E-state index contributed by atoms with van der Waals surface area (Å²) in [6, 6.07) is 0. The van der Waals surface area contributed by atoms with Crippen molar-refractivity contribution in [1.82, 2.24) is 0 Å². The molecule has 0 aromatic rings. The maximum atomic E-state index is 7.90. The lowest BCUT2D eigenvalue weighted by Crippen LogP contribution is -2.27. The third-order valence-electron chi connectivity index (χ3n) is 1.41. The first-order valence-electron chi connectivity index (χ1n) is 3.02. The summed E-state index contributed by atoms with van der Waals surface area (Å²) in [6.07, 6.45) is 0.976. The fraction of sp³-hybridized carbons (Fsp3) is 1.00. The van der Waals surface area contributed by atoms with Gasteiger partial charge in [0.2, 0.25) is 0 Å². The molecule has 0 radical (unpaired) electrons. The number of nitrogens with zero attached hydrogens (tertiary/aromatic N) is 3. The molecule has 50 valence electrons. The van der Waals surface area contributed by atoms with E-state index < -0.39 is 0 Å². The Morgan fingerprint density at radius 1 is 1.67 bits per heavy atom. The van der Waals surface area contributed by atoms with Gasteiger partial charge in [-0.15, -0.1) is 0 Å². The van der Waals surface area contributed by atoms with Crippen LogP contribution in [0.1, 0.15) is 6.42 Å². The molecule has 1 heterocycles. The van der Waals surface area contributed by atoms with E-state index in [0.29, 0.717) is 12.5 Å². The van der Waals surface area contributed by atoms with E-state index in [1.54, 1.807) is 0 Å². The van der Waals surface area contributed by atoms with Crippen LogP contribution in [0.4, 0.5) is 0 Å². The molecule has 0 N–H and O–H groups in total. The van der Waals surface area contributed by atoms with E-state index in [1.807, 2.05) is 0 Å². The zero-order valence-corrected chi connectivity index (χ0v) is 5.16. The van der Waals surface area contributed by atoms with E-state index in [9.17, 15) is 0 Å². The van der Waals surface area contributed by atoms with Crippen molar-refractivity contribution in [2.45, 2.75) is 6.42 Å². The molecule has 4 heteroatoms. The molecule has 1 fully saturated rings. The van der Waals surface area contributed by atoms with Crippen LogP contribution in [0.3, 0.4) is 0 Å². The highest BCUT2D eigenvalue weighted by molar-refractivity contribution is 4.66. The second-order valence-corrected chi connectivity index (χ2v) is 2.15. The van der Waals surface area contributed by atoms with Crippen LogP contribution in [0, 0.1) is 5.92 Å². The molecule has 0 aromatic carbocycles. The molecule has 0 spiro atoms. The van der Waals surface area contributed by atoms with Crippen LogP contribution in [-0.4, -0.2) is 19.8 Å². The number of rotatable bonds is 3. The van der Waals surface area contributed by atoms with Crippen LogP contribution in [-0.2, 0) is 4.74 Å². The van der Waals surface area contributed by atoms with Crippen LogP contribution in [0.5, 0.6) is 0 Å². The highest BCUT2D eigenvalue weighted by Gasteiger charge is 2.16. The summed E-state index contributed by atoms with van der Waals surface area (Å²) in [7, 11) is 0. The first kappa shape index (κ1) is 6.39. The molecule has 0 aromatic heterocycles. The Labute approximate surface area is 53.4 Å². The Morgan fingerprint density at radius 2 is 2.44 bits per heavy atom. The Hall–Kier alpha value is -0.730. The second kappa shape index (κ2) is 3.33. The fourth-order valence-electron chi connectivity index (χ4n) is 0.736. The van der Waals surface area contributed by atoms with Gasteiger partial charge >= 0.3 is 0 Å². The van der Waals surface area contributed by atoms with Gasteiger partial charge in [0, 0.05) is 17.4 Å². The molecule has 0 bridgehead atoms. The monoisotopic (exact) mass is 127 g/mol. The Morgan fingerprint density at radius 3 is 2.89 bits per heavy atom. The number of azide groups is 1. The third-order valence-corrected chi connectivity index (χ3v) is 1.41. The van der Waals surface area contributed by atoms with Crippen molar-refractivity contribution in [1.29, 1.82) is 0 Å². The van der Waals surface area contributed by atoms with Gasteiger partial charge in [0.1, 0.15) is 0 Å². The topological polar surface area (TPSA) is 58.0 Å². The summed E-state index contributed by atoms with van der Waals surface area (Å²) in [5, 5.41) is 3.42. The Kier molecular flexibility index (Phi) is 2.36. The molecular weight excluding hydrogens is 118 g/mol. The molecular formula is C5H9N3O. The summed E-state index contributed by atoms with van der Waals surface area (Å²) in [4.78, 5) is 2.65. The molecule has 1 rings (SSSR count). The van der Waals surface area contributed by atoms with Crippen LogP contribution < -0.4 is 0 Å². The van der Waals surface area contributed by atoms with Crippen LogP contribution >= 0.6 is 0 Å². The van der Waals surface area contributed by atoms with E-state index in [1.165, 1.54) is 0 Å². The predicted molar refractivity (Wildman–Crippen MR) is 32.9 cm³/mol. The van der Waals surface area contributed by atoms with Crippen molar-refractivity contribution in [3.63, 3.8) is 0 Å². The van der Waals surface area contributed by atoms with Gasteiger partial charge in [-0.25, -0.2) is 0 Å². The van der Waals surface area contributed by atoms with Gasteiger partial charge in [-0.05, 0) is 12.0 Å². The summed E-state index contributed by atoms with van der Waals surface area (Å²) in [5.74, 6) is 0.649. The summed E-state index contributed by atoms with van der Waals surface area (Å²) >= 11 is 0. The van der Waals surface area contributed by atoms with Gasteiger partial charge < -0.3 is 4.74 Å². The van der Waals surface area contributed by atoms with Gasteiger partial charge in [-0.1, -0.05) is 5.11 Å². The minimum atomic E-state index is 0.616. The van der Waals surface area contributed by atoms with Crippen molar-refractivity contribution in [2.24, 2.45) is 11.0 Å². The summed E-state index contributed by atoms with van der Waals surface area (Å²) in [6.45, 7) is 2.31. The van der Waals surface area contributed by atoms with E-state index >= 15 is 0 Å². The molecule has 1 aliphatic heterocycles. The van der Waals surface area contributed by atoms with Crippen LogP contribution in [0.25, 0.3) is 10.4 Å². The van der Waals surface area contributed by atoms with Gasteiger partial charge in [0.25, 0.3) is 0 Å². The molecule has 0 aliphatic carbocycles. The first-order chi connectivity index (χ1) is 4.43. The minimum absolute atomic E-state index is 0.616. The highest BCUT2D eigenvalue weighted by Crippen LogP contribution is 2.13. The van der Waals surface area contributed by atoms with Crippen molar-refractivity contribution < 1.29 is 4.74 Å². The normalized spacial score (nSPS) is 18.2. The van der Waals surface area contributed by atoms with Gasteiger partial charge in [-0.3, -0.25) is 0 Å². The van der Waals surface area contributed by atoms with Gasteiger partial charge in [0.15, 0.2) is 0 Å². The highest BCUT2D eigenvalue weighted by atomic mass is 16.5. The zero-order valence-electron chi connectivity index (χ0n) is 5.16. The van der Waals surface area contributed by atoms with E-state index in [-0.39, 0.29) is 0 Å². The maximum Gasteiger partial charge on any atom is 0.0516 e. The van der Waals surface area contributed by atoms with Crippen LogP contribution in [0.2, 0.25) is 0 Å². The maximum absolute atomic E-state index is 7.90. The molecule has 0 saturated carbocycles. The zero-order chi connectivity index (χ0) is 6.53. The lowest BCUT2D eigenvalue weighted by Gasteiger charge is -2.24. The van der Waals surface area contributed by atoms with Crippen LogP contribution in [0.15, 0.2) is 5.11 Å². The number of hydrogen-bond donors (Lipinski definition) is 0. The fourth-order valence-corrected chi connectivity index (χ4v) is 0.736. The Balaban J connectivity index is 1.97. The van der Waals surface area contributed by atoms with Crippen molar-refractivity contribution >= 4 is 0 Å². The molecule has 0 atom stereocenters. The third kappa shape index (κ3) is 1.91. The molecule has 1 saturated heterocycles. The largest absolute Gasteiger partial charge is 0.381 e. The average Bonchev–Trinajstić information content (AvgIpc) is 1.76.